The van der Waals surface area contributed by atoms with Gasteiger partial charge in [0.25, 0.3) is 0 Å². The lowest BCUT2D eigenvalue weighted by atomic mass is 9.97. The van der Waals surface area contributed by atoms with E-state index < -0.39 is 126 Å². The Morgan fingerprint density at radius 2 is 1.47 bits per heavy atom. The molecule has 0 aliphatic carbocycles. The number of hydrogen-bond acceptors (Lipinski definition) is 20. The lowest BCUT2D eigenvalue weighted by Gasteiger charge is -2.45. The van der Waals surface area contributed by atoms with Crippen molar-refractivity contribution in [2.45, 2.75) is 61.4 Å². The summed E-state index contributed by atoms with van der Waals surface area (Å²) in [5.41, 5.74) is -1.12. The van der Waals surface area contributed by atoms with E-state index in [0.29, 0.717) is 5.56 Å². The average Bonchev–Trinajstić information content (AvgIpc) is 3.18. The number of ether oxygens (including phenoxy) is 6. The van der Waals surface area contributed by atoms with Gasteiger partial charge in [0.2, 0.25) is 17.5 Å². The molecule has 0 unspecified atom stereocenters. The van der Waals surface area contributed by atoms with Crippen molar-refractivity contribution in [3.8, 4) is 51.6 Å². The van der Waals surface area contributed by atoms with E-state index >= 15 is 0 Å². The molecule has 2 saturated heterocycles. The van der Waals surface area contributed by atoms with Crippen LogP contribution in [0.1, 0.15) is 5.56 Å². The molecular weight excluding hydrogens is 764 g/mol. The molecule has 0 bridgehead atoms. The van der Waals surface area contributed by atoms with Crippen LogP contribution in [0.4, 0.5) is 0 Å². The maximum absolute atomic E-state index is 14.0. The Kier molecular flexibility index (Phi) is 12.1. The van der Waals surface area contributed by atoms with Crippen molar-refractivity contribution in [1.82, 2.24) is 0 Å². The van der Waals surface area contributed by atoms with Crippen LogP contribution in [0.15, 0.2) is 63.8 Å². The molecule has 306 valence electrons. The zero-order chi connectivity index (χ0) is 41.3. The quantitative estimate of drug-likeness (QED) is 0.0505. The van der Waals surface area contributed by atoms with Gasteiger partial charge in [-0.2, -0.15) is 0 Å². The number of methoxy groups -OCH3 is 1. The summed E-state index contributed by atoms with van der Waals surface area (Å²) >= 11 is 0. The predicted octanol–water partition coefficient (Wildman–Crippen LogP) is -0.736. The zero-order valence-electron chi connectivity index (χ0n) is 29.6. The van der Waals surface area contributed by atoms with Gasteiger partial charge in [-0.3, -0.25) is 4.79 Å². The van der Waals surface area contributed by atoms with Crippen LogP contribution in [0.2, 0.25) is 0 Å². The molecule has 0 saturated carbocycles. The van der Waals surface area contributed by atoms with E-state index in [4.69, 9.17) is 32.8 Å². The fourth-order valence-corrected chi connectivity index (χ4v) is 6.14. The Labute approximate surface area is 320 Å². The highest BCUT2D eigenvalue weighted by Gasteiger charge is 2.52. The summed E-state index contributed by atoms with van der Waals surface area (Å²) in [5.74, 6) is -4.65. The molecule has 6 rings (SSSR count). The van der Waals surface area contributed by atoms with Crippen LogP contribution in [0.5, 0.6) is 40.2 Å². The van der Waals surface area contributed by atoms with Crippen LogP contribution < -0.4 is 14.9 Å². The predicted molar refractivity (Wildman–Crippen MR) is 189 cm³/mol. The van der Waals surface area contributed by atoms with Gasteiger partial charge in [0.15, 0.2) is 41.2 Å². The van der Waals surface area contributed by atoms with Gasteiger partial charge in [0.05, 0.1) is 13.7 Å². The Morgan fingerprint density at radius 3 is 2.18 bits per heavy atom. The molecular formula is C37H38O20. The minimum atomic E-state index is -2.07. The average molecular weight is 803 g/mol. The summed E-state index contributed by atoms with van der Waals surface area (Å²) in [6, 6.07) is 9.31. The highest BCUT2D eigenvalue weighted by atomic mass is 16.8. The van der Waals surface area contributed by atoms with Gasteiger partial charge < -0.3 is 89.0 Å². The second-order valence-electron chi connectivity index (χ2n) is 13.0. The van der Waals surface area contributed by atoms with Crippen molar-refractivity contribution in [2.24, 2.45) is 0 Å². The van der Waals surface area contributed by atoms with Gasteiger partial charge >= 0.3 is 5.97 Å². The van der Waals surface area contributed by atoms with Gasteiger partial charge in [0, 0.05) is 23.8 Å². The van der Waals surface area contributed by atoms with Crippen LogP contribution in [0.25, 0.3) is 28.4 Å². The van der Waals surface area contributed by atoms with Crippen LogP contribution in [0, 0.1) is 0 Å². The first kappa shape index (κ1) is 41.0. The molecule has 4 aromatic rings. The number of aliphatic hydroxyl groups is 6. The first-order chi connectivity index (χ1) is 27.1. The molecule has 57 heavy (non-hydrogen) atoms. The SMILES string of the molecule is COc1cc(/C=C/C(=O)OC[C@@H]2O[C@H](O[C@@H]3[C@@H](Oc4c(-c5ccc(O)c(O)c5)oc5cc(O)cc(O)c5c4=O)O[C@@H](CO)[C@@H](O)[C@H]3O)[C@@H](O)[C@H](O)[C@H]2O)ccc1O. The van der Waals surface area contributed by atoms with Gasteiger partial charge in [-0.25, -0.2) is 4.79 Å². The lowest BCUT2D eigenvalue weighted by Crippen LogP contribution is -2.65. The number of phenols is 5. The van der Waals surface area contributed by atoms with Crippen LogP contribution >= 0.6 is 0 Å². The van der Waals surface area contributed by atoms with Crippen molar-refractivity contribution in [1.29, 1.82) is 0 Å². The minimum Gasteiger partial charge on any atom is -0.508 e. The van der Waals surface area contributed by atoms with Crippen molar-refractivity contribution < 1.29 is 93.8 Å². The smallest absolute Gasteiger partial charge is 0.330 e. The third kappa shape index (κ3) is 8.39. The summed E-state index contributed by atoms with van der Waals surface area (Å²) in [6.07, 6.45) is -16.7. The van der Waals surface area contributed by atoms with E-state index in [9.17, 15) is 65.8 Å². The number of aliphatic hydroxyl groups excluding tert-OH is 6. The summed E-state index contributed by atoms with van der Waals surface area (Å²) in [4.78, 5) is 26.5. The first-order valence-corrected chi connectivity index (χ1v) is 17.0. The third-order valence-corrected chi connectivity index (χ3v) is 9.18. The van der Waals surface area contributed by atoms with Crippen molar-refractivity contribution in [3.63, 3.8) is 0 Å². The maximum atomic E-state index is 14.0. The van der Waals surface area contributed by atoms with E-state index in [1.165, 1.54) is 37.5 Å². The normalized spacial score (nSPS) is 27.7. The number of carbonyl (C=O) groups excluding carboxylic acids is 1. The van der Waals surface area contributed by atoms with E-state index in [0.717, 1.165) is 30.3 Å². The van der Waals surface area contributed by atoms with Crippen molar-refractivity contribution in [3.05, 3.63) is 70.4 Å². The Morgan fingerprint density at radius 1 is 0.772 bits per heavy atom. The standard InChI is InChI=1S/C37H38O20/c1-51-21-8-14(2-5-18(21)41)3-7-25(44)52-13-24-28(46)30(48)32(50)36(55-24)57-35-31(49)27(45)23(12-38)54-37(35)56-34-29(47)26-20(43)10-16(39)11-22(26)53-33(34)15-4-6-17(40)19(42)9-15/h2-11,23-24,27-28,30-32,35-43,45-46,48-50H,12-13H2,1H3/b7-3+/t23-,24-,27+,28-,30+,31+,32-,35-,36+,37+/m0/s1. The number of fused-ring (bicyclic) bond motifs is 1. The molecule has 10 atom stereocenters. The van der Waals surface area contributed by atoms with E-state index in [2.05, 4.69) is 0 Å². The molecule has 2 fully saturated rings. The minimum absolute atomic E-state index is 0.104. The van der Waals surface area contributed by atoms with Gasteiger partial charge in [-0.15, -0.1) is 0 Å². The lowest BCUT2D eigenvalue weighted by molar-refractivity contribution is -0.358. The highest BCUT2D eigenvalue weighted by molar-refractivity contribution is 5.88. The summed E-state index contributed by atoms with van der Waals surface area (Å²) in [5, 5.41) is 114. The number of carbonyl (C=O) groups is 1. The van der Waals surface area contributed by atoms with E-state index in [1.807, 2.05) is 0 Å². The van der Waals surface area contributed by atoms with Gasteiger partial charge in [-0.1, -0.05) is 6.07 Å². The van der Waals surface area contributed by atoms with Crippen molar-refractivity contribution >= 4 is 23.0 Å². The number of aromatic hydroxyl groups is 5. The number of phenolic OH excluding ortho intramolecular Hbond substituents is 5. The summed E-state index contributed by atoms with van der Waals surface area (Å²) in [6.45, 7) is -1.63. The summed E-state index contributed by atoms with van der Waals surface area (Å²) in [7, 11) is 1.34. The molecule has 3 heterocycles. The zero-order valence-corrected chi connectivity index (χ0v) is 29.6. The Bertz CT molecular complexity index is 2180. The van der Waals surface area contributed by atoms with E-state index in [-0.39, 0.29) is 22.6 Å². The topological polar surface area (TPSA) is 325 Å². The first-order valence-electron chi connectivity index (χ1n) is 17.0. The number of hydrogen-bond donors (Lipinski definition) is 11. The van der Waals surface area contributed by atoms with Crippen molar-refractivity contribution in [2.75, 3.05) is 20.3 Å². The molecule has 3 aromatic carbocycles. The fraction of sp³-hybridized carbons (Fsp3) is 0.351. The van der Waals surface area contributed by atoms with Crippen LogP contribution in [-0.2, 0) is 23.7 Å². The second-order valence-corrected chi connectivity index (χ2v) is 13.0. The molecule has 20 nitrogen and oxygen atoms in total. The molecule has 0 radical (unpaired) electrons. The van der Waals surface area contributed by atoms with E-state index in [1.54, 1.807) is 0 Å². The molecule has 0 amide bonds. The molecule has 2 aliphatic heterocycles. The number of esters is 1. The molecule has 20 heteroatoms. The number of rotatable bonds is 11. The van der Waals surface area contributed by atoms with Crippen LogP contribution in [0.3, 0.4) is 0 Å². The van der Waals surface area contributed by atoms with Crippen LogP contribution in [-0.4, -0.2) is 144 Å². The van der Waals surface area contributed by atoms with Gasteiger partial charge in [0.1, 0.15) is 71.8 Å². The summed E-state index contributed by atoms with van der Waals surface area (Å²) < 4.78 is 39.0. The molecule has 0 spiro atoms. The highest BCUT2D eigenvalue weighted by Crippen LogP contribution is 2.40. The third-order valence-electron chi connectivity index (χ3n) is 9.18. The monoisotopic (exact) mass is 802 g/mol. The second kappa shape index (κ2) is 16.8. The molecule has 1 aromatic heterocycles. The Balaban J connectivity index is 1.28. The fourth-order valence-electron chi connectivity index (χ4n) is 6.14. The van der Waals surface area contributed by atoms with Gasteiger partial charge in [-0.05, 0) is 42.0 Å². The molecule has 2 aliphatic rings. The molecule has 11 N–H and O–H groups in total. The maximum Gasteiger partial charge on any atom is 0.330 e. The number of benzene rings is 3. The Hall–Kier alpha value is -5.68. The largest absolute Gasteiger partial charge is 0.508 e.